The zero-order valence-electron chi connectivity index (χ0n) is 12.2. The second-order valence-electron chi connectivity index (χ2n) is 6.54. The van der Waals surface area contributed by atoms with Crippen LogP contribution in [0.1, 0.15) is 57.8 Å². The highest BCUT2D eigenvalue weighted by molar-refractivity contribution is 7.90. The largest absolute Gasteiger partial charge is 0.313 e. The van der Waals surface area contributed by atoms with Crippen molar-refractivity contribution >= 4 is 9.84 Å². The van der Waals surface area contributed by atoms with Gasteiger partial charge in [0, 0.05) is 18.8 Å². The first-order chi connectivity index (χ1) is 9.06. The lowest BCUT2D eigenvalue weighted by Gasteiger charge is -2.39. The first-order valence-electron chi connectivity index (χ1n) is 7.97. The molecule has 112 valence electrons. The van der Waals surface area contributed by atoms with Gasteiger partial charge in [0.2, 0.25) is 0 Å². The fourth-order valence-corrected chi connectivity index (χ4v) is 4.46. The SMILES string of the molecule is CS(=O)(=O)CCNC1CCCCC1C1CCCCC1. The van der Waals surface area contributed by atoms with E-state index in [1.165, 1.54) is 64.0 Å². The Morgan fingerprint density at radius 3 is 2.26 bits per heavy atom. The maximum atomic E-state index is 11.2. The topological polar surface area (TPSA) is 46.2 Å². The molecule has 1 N–H and O–H groups in total. The molecule has 2 rings (SSSR count). The van der Waals surface area contributed by atoms with Crippen LogP contribution in [0, 0.1) is 11.8 Å². The highest BCUT2D eigenvalue weighted by Crippen LogP contribution is 2.38. The molecule has 19 heavy (non-hydrogen) atoms. The molecule has 2 atom stereocenters. The number of nitrogens with one attached hydrogen (secondary N) is 1. The molecule has 2 aliphatic carbocycles. The van der Waals surface area contributed by atoms with E-state index in [0.29, 0.717) is 12.6 Å². The Morgan fingerprint density at radius 1 is 0.947 bits per heavy atom. The summed E-state index contributed by atoms with van der Waals surface area (Å²) in [5.41, 5.74) is 0. The number of hydrogen-bond acceptors (Lipinski definition) is 3. The van der Waals surface area contributed by atoms with Crippen molar-refractivity contribution in [3.05, 3.63) is 0 Å². The maximum Gasteiger partial charge on any atom is 0.148 e. The van der Waals surface area contributed by atoms with Crippen LogP contribution < -0.4 is 5.32 Å². The summed E-state index contributed by atoms with van der Waals surface area (Å²) in [6.45, 7) is 0.632. The third-order valence-corrected chi connectivity index (χ3v) is 5.90. The smallest absolute Gasteiger partial charge is 0.148 e. The van der Waals surface area contributed by atoms with E-state index in [0.717, 1.165) is 11.8 Å². The molecule has 0 amide bonds. The summed E-state index contributed by atoms with van der Waals surface area (Å²) in [4.78, 5) is 0. The minimum absolute atomic E-state index is 0.279. The average Bonchev–Trinajstić information content (AvgIpc) is 2.39. The second-order valence-corrected chi connectivity index (χ2v) is 8.80. The Labute approximate surface area is 118 Å². The van der Waals surface area contributed by atoms with Gasteiger partial charge in [0.25, 0.3) is 0 Å². The lowest BCUT2D eigenvalue weighted by molar-refractivity contribution is 0.151. The van der Waals surface area contributed by atoms with Crippen LogP contribution in [0.4, 0.5) is 0 Å². The Balaban J connectivity index is 1.84. The van der Waals surface area contributed by atoms with Gasteiger partial charge in [-0.1, -0.05) is 44.9 Å². The molecule has 0 aromatic rings. The van der Waals surface area contributed by atoms with Crippen molar-refractivity contribution in [2.75, 3.05) is 18.6 Å². The molecular formula is C15H29NO2S. The van der Waals surface area contributed by atoms with E-state index >= 15 is 0 Å². The quantitative estimate of drug-likeness (QED) is 0.846. The van der Waals surface area contributed by atoms with Gasteiger partial charge in [-0.3, -0.25) is 0 Å². The number of hydrogen-bond donors (Lipinski definition) is 1. The van der Waals surface area contributed by atoms with Crippen LogP contribution in [0.2, 0.25) is 0 Å². The van der Waals surface area contributed by atoms with Crippen molar-refractivity contribution in [1.29, 1.82) is 0 Å². The molecule has 2 saturated carbocycles. The molecule has 0 bridgehead atoms. The summed E-state index contributed by atoms with van der Waals surface area (Å²) in [6, 6.07) is 0.568. The number of sulfone groups is 1. The first-order valence-corrected chi connectivity index (χ1v) is 10.0. The minimum Gasteiger partial charge on any atom is -0.313 e. The summed E-state index contributed by atoms with van der Waals surface area (Å²) in [6.07, 6.45) is 13.6. The van der Waals surface area contributed by atoms with Crippen molar-refractivity contribution in [3.63, 3.8) is 0 Å². The fourth-order valence-electron chi connectivity index (χ4n) is 3.97. The Morgan fingerprint density at radius 2 is 1.58 bits per heavy atom. The standard InChI is InChI=1S/C15H29NO2S/c1-19(17,18)12-11-16-15-10-6-5-9-14(15)13-7-3-2-4-8-13/h13-16H,2-12H2,1H3. The van der Waals surface area contributed by atoms with Gasteiger partial charge in [0.05, 0.1) is 5.75 Å². The van der Waals surface area contributed by atoms with Gasteiger partial charge in [-0.2, -0.15) is 0 Å². The summed E-state index contributed by atoms with van der Waals surface area (Å²) in [7, 11) is -2.83. The van der Waals surface area contributed by atoms with Crippen molar-refractivity contribution in [2.24, 2.45) is 11.8 Å². The molecule has 0 aromatic carbocycles. The average molecular weight is 287 g/mol. The lowest BCUT2D eigenvalue weighted by Crippen LogP contribution is -2.44. The molecule has 2 fully saturated rings. The fraction of sp³-hybridized carbons (Fsp3) is 1.00. The predicted octanol–water partition coefficient (Wildman–Crippen LogP) is 2.76. The van der Waals surface area contributed by atoms with E-state index in [-0.39, 0.29) is 5.75 Å². The molecule has 0 radical (unpaired) electrons. The van der Waals surface area contributed by atoms with Crippen molar-refractivity contribution in [2.45, 2.75) is 63.8 Å². The van der Waals surface area contributed by atoms with Crippen LogP contribution in [0.25, 0.3) is 0 Å². The highest BCUT2D eigenvalue weighted by Gasteiger charge is 2.32. The number of rotatable bonds is 5. The molecule has 3 nitrogen and oxygen atoms in total. The van der Waals surface area contributed by atoms with Crippen LogP contribution in [-0.4, -0.2) is 33.0 Å². The van der Waals surface area contributed by atoms with E-state index < -0.39 is 9.84 Å². The summed E-state index contributed by atoms with van der Waals surface area (Å²) in [5, 5.41) is 3.55. The molecule has 0 saturated heterocycles. The molecule has 4 heteroatoms. The molecule has 0 aliphatic heterocycles. The Bertz CT molecular complexity index is 360. The molecule has 0 aromatic heterocycles. The van der Waals surface area contributed by atoms with Crippen LogP contribution >= 0.6 is 0 Å². The van der Waals surface area contributed by atoms with E-state index in [1.54, 1.807) is 0 Å². The third-order valence-electron chi connectivity index (χ3n) is 4.95. The van der Waals surface area contributed by atoms with Gasteiger partial charge in [-0.05, 0) is 24.7 Å². The van der Waals surface area contributed by atoms with Gasteiger partial charge in [0.1, 0.15) is 9.84 Å². The van der Waals surface area contributed by atoms with Gasteiger partial charge in [-0.25, -0.2) is 8.42 Å². The predicted molar refractivity (Wildman–Crippen MR) is 80.0 cm³/mol. The van der Waals surface area contributed by atoms with Gasteiger partial charge >= 0.3 is 0 Å². The van der Waals surface area contributed by atoms with E-state index in [2.05, 4.69) is 5.32 Å². The van der Waals surface area contributed by atoms with Gasteiger partial charge in [0.15, 0.2) is 0 Å². The van der Waals surface area contributed by atoms with Crippen LogP contribution in [-0.2, 0) is 9.84 Å². The van der Waals surface area contributed by atoms with Crippen LogP contribution in [0.5, 0.6) is 0 Å². The minimum atomic E-state index is -2.83. The zero-order valence-corrected chi connectivity index (χ0v) is 13.1. The summed E-state index contributed by atoms with van der Waals surface area (Å²) in [5.74, 6) is 1.97. The van der Waals surface area contributed by atoms with Crippen molar-refractivity contribution in [1.82, 2.24) is 5.32 Å². The Hall–Kier alpha value is -0.0900. The van der Waals surface area contributed by atoms with Crippen molar-refractivity contribution < 1.29 is 8.42 Å². The van der Waals surface area contributed by atoms with E-state index in [1.807, 2.05) is 0 Å². The normalized spacial score (nSPS) is 30.4. The van der Waals surface area contributed by atoms with Crippen LogP contribution in [0.15, 0.2) is 0 Å². The Kier molecular flexibility index (Phi) is 5.70. The second kappa shape index (κ2) is 7.07. The molecule has 2 aliphatic rings. The molecule has 0 heterocycles. The van der Waals surface area contributed by atoms with E-state index in [9.17, 15) is 8.42 Å². The monoisotopic (exact) mass is 287 g/mol. The lowest BCUT2D eigenvalue weighted by atomic mass is 9.71. The van der Waals surface area contributed by atoms with Crippen molar-refractivity contribution in [3.8, 4) is 0 Å². The highest BCUT2D eigenvalue weighted by atomic mass is 32.2. The summed E-state index contributed by atoms with van der Waals surface area (Å²) < 4.78 is 22.4. The third kappa shape index (κ3) is 5.07. The van der Waals surface area contributed by atoms with Gasteiger partial charge < -0.3 is 5.32 Å². The molecular weight excluding hydrogens is 258 g/mol. The molecule has 2 unspecified atom stereocenters. The summed E-state index contributed by atoms with van der Waals surface area (Å²) >= 11 is 0. The zero-order chi connectivity index (χ0) is 13.7. The maximum absolute atomic E-state index is 11.2. The van der Waals surface area contributed by atoms with E-state index in [4.69, 9.17) is 0 Å². The molecule has 0 spiro atoms. The van der Waals surface area contributed by atoms with Gasteiger partial charge in [-0.15, -0.1) is 0 Å². The van der Waals surface area contributed by atoms with Crippen LogP contribution in [0.3, 0.4) is 0 Å². The first kappa shape index (κ1) is 15.3.